The van der Waals surface area contributed by atoms with Gasteiger partial charge in [0.2, 0.25) is 0 Å². The van der Waals surface area contributed by atoms with E-state index in [-0.39, 0.29) is 0 Å². The van der Waals surface area contributed by atoms with Crippen LogP contribution >= 0.6 is 11.6 Å². The Kier molecular flexibility index (Phi) is 4.42. The van der Waals surface area contributed by atoms with Crippen molar-refractivity contribution in [3.8, 4) is 11.5 Å². The summed E-state index contributed by atoms with van der Waals surface area (Å²) in [5, 5.41) is 7.68. The van der Waals surface area contributed by atoms with Gasteiger partial charge in [-0.1, -0.05) is 41.9 Å². The first-order chi connectivity index (χ1) is 9.24. The smallest absolute Gasteiger partial charge is 0.180 e. The summed E-state index contributed by atoms with van der Waals surface area (Å²) in [5.74, 6) is 1.03. The Bertz CT molecular complexity index is 570. The van der Waals surface area contributed by atoms with Gasteiger partial charge in [0, 0.05) is 6.21 Å². The molecule has 0 fully saturated rings. The molecule has 4 heteroatoms. The normalized spacial score (nSPS) is 10.0. The lowest BCUT2D eigenvalue weighted by atomic mass is 10.2. The Morgan fingerprint density at radius 3 is 2.58 bits per heavy atom. The van der Waals surface area contributed by atoms with E-state index in [0.717, 1.165) is 5.56 Å². The van der Waals surface area contributed by atoms with Crippen LogP contribution in [0.1, 0.15) is 11.1 Å². The summed E-state index contributed by atoms with van der Waals surface area (Å²) in [5.41, 5.74) is 1.73. The number of ether oxygens (including phenoxy) is 2. The number of methoxy groups -OCH3 is 1. The fraction of sp³-hybridized carbons (Fsp3) is 0.133. The van der Waals surface area contributed by atoms with Gasteiger partial charge in [-0.2, -0.15) is 0 Å². The quantitative estimate of drug-likeness (QED) is 0.840. The first-order valence-electron chi connectivity index (χ1n) is 5.79. The maximum absolute atomic E-state index is 7.24. The molecular formula is C15H14ClNO2. The van der Waals surface area contributed by atoms with Gasteiger partial charge >= 0.3 is 0 Å². The average molecular weight is 276 g/mol. The van der Waals surface area contributed by atoms with E-state index in [1.54, 1.807) is 19.2 Å². The summed E-state index contributed by atoms with van der Waals surface area (Å²) < 4.78 is 11.0. The molecule has 0 aliphatic heterocycles. The summed E-state index contributed by atoms with van der Waals surface area (Å²) in [6, 6.07) is 13.2. The highest BCUT2D eigenvalue weighted by molar-refractivity contribution is 6.32. The molecule has 0 saturated heterocycles. The Balaban J connectivity index is 2.22. The molecule has 0 aromatic heterocycles. The predicted octanol–water partition coefficient (Wildman–Crippen LogP) is 3.93. The van der Waals surface area contributed by atoms with Crippen LogP contribution in [-0.4, -0.2) is 13.3 Å². The van der Waals surface area contributed by atoms with E-state index in [0.29, 0.717) is 28.7 Å². The minimum absolute atomic E-state index is 0.418. The number of nitrogens with one attached hydrogen (secondary N) is 1. The molecule has 2 rings (SSSR count). The predicted molar refractivity (Wildman–Crippen MR) is 76.7 cm³/mol. The second-order valence-corrected chi connectivity index (χ2v) is 4.36. The van der Waals surface area contributed by atoms with Crippen molar-refractivity contribution in [2.75, 3.05) is 7.11 Å². The Morgan fingerprint density at radius 1 is 1.21 bits per heavy atom. The summed E-state index contributed by atoms with van der Waals surface area (Å²) >= 11 is 6.15. The van der Waals surface area contributed by atoms with Crippen LogP contribution in [0.2, 0.25) is 5.02 Å². The van der Waals surface area contributed by atoms with Crippen molar-refractivity contribution in [3.05, 3.63) is 58.6 Å². The van der Waals surface area contributed by atoms with Crippen molar-refractivity contribution in [1.29, 1.82) is 5.41 Å². The zero-order valence-electron chi connectivity index (χ0n) is 10.5. The number of benzene rings is 2. The molecule has 2 aromatic rings. The summed E-state index contributed by atoms with van der Waals surface area (Å²) in [6.45, 7) is 0.418. The molecule has 0 radical (unpaired) electrons. The molecule has 3 nitrogen and oxygen atoms in total. The van der Waals surface area contributed by atoms with E-state index in [1.165, 1.54) is 6.21 Å². The molecule has 0 saturated carbocycles. The molecule has 0 amide bonds. The van der Waals surface area contributed by atoms with Crippen molar-refractivity contribution in [3.63, 3.8) is 0 Å². The largest absolute Gasteiger partial charge is 0.493 e. The van der Waals surface area contributed by atoms with Crippen molar-refractivity contribution in [1.82, 2.24) is 0 Å². The lowest BCUT2D eigenvalue weighted by molar-refractivity contribution is 0.284. The van der Waals surface area contributed by atoms with Gasteiger partial charge in [0.05, 0.1) is 12.1 Å². The van der Waals surface area contributed by atoms with Crippen LogP contribution in [0.4, 0.5) is 0 Å². The highest BCUT2D eigenvalue weighted by Crippen LogP contribution is 2.36. The molecular weight excluding hydrogens is 262 g/mol. The summed E-state index contributed by atoms with van der Waals surface area (Å²) in [6.07, 6.45) is 1.22. The van der Waals surface area contributed by atoms with E-state index in [2.05, 4.69) is 0 Å². The third-order valence-electron chi connectivity index (χ3n) is 2.64. The monoisotopic (exact) mass is 275 g/mol. The van der Waals surface area contributed by atoms with E-state index in [9.17, 15) is 0 Å². The first kappa shape index (κ1) is 13.4. The van der Waals surface area contributed by atoms with E-state index in [4.69, 9.17) is 26.5 Å². The van der Waals surface area contributed by atoms with Crippen LogP contribution in [0.3, 0.4) is 0 Å². The lowest BCUT2D eigenvalue weighted by Gasteiger charge is -2.13. The maximum atomic E-state index is 7.24. The molecule has 0 atom stereocenters. The van der Waals surface area contributed by atoms with E-state index < -0.39 is 0 Å². The SMILES string of the molecule is COc1cc(C=N)cc(Cl)c1OCc1ccccc1. The molecule has 0 unspecified atom stereocenters. The molecule has 0 aliphatic carbocycles. The van der Waals surface area contributed by atoms with Crippen molar-refractivity contribution in [2.45, 2.75) is 6.61 Å². The minimum atomic E-state index is 0.418. The van der Waals surface area contributed by atoms with Crippen LogP contribution in [0.5, 0.6) is 11.5 Å². The number of hydrogen-bond acceptors (Lipinski definition) is 3. The minimum Gasteiger partial charge on any atom is -0.493 e. The van der Waals surface area contributed by atoms with Gasteiger partial charge in [0.15, 0.2) is 11.5 Å². The Morgan fingerprint density at radius 2 is 1.95 bits per heavy atom. The van der Waals surface area contributed by atoms with Crippen LogP contribution in [-0.2, 0) is 6.61 Å². The molecule has 1 N–H and O–H groups in total. The molecule has 2 aromatic carbocycles. The Hall–Kier alpha value is -2.00. The number of hydrogen-bond donors (Lipinski definition) is 1. The van der Waals surface area contributed by atoms with Gasteiger partial charge < -0.3 is 14.9 Å². The van der Waals surface area contributed by atoms with Gasteiger partial charge in [-0.15, -0.1) is 0 Å². The van der Waals surface area contributed by atoms with Gasteiger partial charge in [0.25, 0.3) is 0 Å². The van der Waals surface area contributed by atoms with Gasteiger partial charge in [-0.05, 0) is 23.3 Å². The van der Waals surface area contributed by atoms with Crippen molar-refractivity contribution < 1.29 is 9.47 Å². The fourth-order valence-corrected chi connectivity index (χ4v) is 1.97. The van der Waals surface area contributed by atoms with Gasteiger partial charge in [-0.3, -0.25) is 0 Å². The third-order valence-corrected chi connectivity index (χ3v) is 2.93. The Labute approximate surface area is 117 Å². The zero-order valence-corrected chi connectivity index (χ0v) is 11.3. The second kappa shape index (κ2) is 6.25. The maximum Gasteiger partial charge on any atom is 0.180 e. The molecule has 0 aliphatic rings. The highest BCUT2D eigenvalue weighted by atomic mass is 35.5. The van der Waals surface area contributed by atoms with Gasteiger partial charge in [0.1, 0.15) is 6.61 Å². The second-order valence-electron chi connectivity index (χ2n) is 3.95. The molecule has 0 spiro atoms. The fourth-order valence-electron chi connectivity index (χ4n) is 1.69. The number of rotatable bonds is 5. The van der Waals surface area contributed by atoms with Crippen LogP contribution in [0.15, 0.2) is 42.5 Å². The summed E-state index contributed by atoms with van der Waals surface area (Å²) in [4.78, 5) is 0. The standard InChI is InChI=1S/C15H14ClNO2/c1-18-14-8-12(9-17)7-13(16)15(14)19-10-11-5-3-2-4-6-11/h2-9,17H,10H2,1H3. The molecule has 98 valence electrons. The highest BCUT2D eigenvalue weighted by Gasteiger charge is 2.11. The van der Waals surface area contributed by atoms with Gasteiger partial charge in [-0.25, -0.2) is 0 Å². The first-order valence-corrected chi connectivity index (χ1v) is 6.17. The summed E-state index contributed by atoms with van der Waals surface area (Å²) in [7, 11) is 1.55. The van der Waals surface area contributed by atoms with Crippen LogP contribution < -0.4 is 9.47 Å². The molecule has 0 heterocycles. The lowest BCUT2D eigenvalue weighted by Crippen LogP contribution is -1.99. The van der Waals surface area contributed by atoms with E-state index >= 15 is 0 Å². The van der Waals surface area contributed by atoms with Crippen LogP contribution in [0, 0.1) is 5.41 Å². The van der Waals surface area contributed by atoms with Crippen LogP contribution in [0.25, 0.3) is 0 Å². The van der Waals surface area contributed by atoms with Crippen molar-refractivity contribution in [2.24, 2.45) is 0 Å². The topological polar surface area (TPSA) is 42.3 Å². The number of halogens is 1. The molecule has 0 bridgehead atoms. The third kappa shape index (κ3) is 3.26. The zero-order chi connectivity index (χ0) is 13.7. The average Bonchev–Trinajstić information content (AvgIpc) is 2.46. The van der Waals surface area contributed by atoms with E-state index in [1.807, 2.05) is 30.3 Å². The van der Waals surface area contributed by atoms with Crippen molar-refractivity contribution >= 4 is 17.8 Å². The molecule has 19 heavy (non-hydrogen) atoms.